The summed E-state index contributed by atoms with van der Waals surface area (Å²) in [5.74, 6) is 0.621. The summed E-state index contributed by atoms with van der Waals surface area (Å²) >= 11 is 5.39. The van der Waals surface area contributed by atoms with Gasteiger partial charge in [-0.05, 0) is 6.92 Å². The minimum atomic E-state index is -2.89. The Morgan fingerprint density at radius 1 is 1.55 bits per heavy atom. The highest BCUT2D eigenvalue weighted by Gasteiger charge is 2.46. The van der Waals surface area contributed by atoms with Crippen molar-refractivity contribution < 1.29 is 18.3 Å². The summed E-state index contributed by atoms with van der Waals surface area (Å²) in [6, 6.07) is 0. The third-order valence-corrected chi connectivity index (χ3v) is 6.58. The first kappa shape index (κ1) is 20.2. The van der Waals surface area contributed by atoms with Crippen LogP contribution in [0.3, 0.4) is 0 Å². The molecule has 4 atom stereocenters. The number of rotatable bonds is 5. The summed E-state index contributed by atoms with van der Waals surface area (Å²) in [7, 11) is 3.64. The quantitative estimate of drug-likeness (QED) is 0.322. The van der Waals surface area contributed by atoms with E-state index in [1.54, 1.807) is 22.7 Å². The van der Waals surface area contributed by atoms with Crippen molar-refractivity contribution in [1.82, 2.24) is 24.4 Å². The van der Waals surface area contributed by atoms with Crippen LogP contribution in [0.1, 0.15) is 19.6 Å². The predicted molar refractivity (Wildman–Crippen MR) is 110 cm³/mol. The smallest absolute Gasteiger partial charge is 0.380 e. The molecular formula is C16H21N6O5PS. The molecule has 13 heteroatoms. The van der Waals surface area contributed by atoms with Crippen molar-refractivity contribution in [3.05, 3.63) is 29.0 Å². The van der Waals surface area contributed by atoms with Crippen LogP contribution in [-0.4, -0.2) is 63.7 Å². The Morgan fingerprint density at radius 2 is 2.34 bits per heavy atom. The van der Waals surface area contributed by atoms with Crippen molar-refractivity contribution in [3.8, 4) is 0 Å². The fourth-order valence-electron chi connectivity index (χ4n) is 3.09. The van der Waals surface area contributed by atoms with Gasteiger partial charge in [0.05, 0.1) is 25.0 Å². The summed E-state index contributed by atoms with van der Waals surface area (Å²) in [4.78, 5) is 29.4. The summed E-state index contributed by atoms with van der Waals surface area (Å²) in [6.07, 6.45) is 2.51. The van der Waals surface area contributed by atoms with Gasteiger partial charge in [0, 0.05) is 32.3 Å². The lowest BCUT2D eigenvalue weighted by atomic mass is 10.2. The number of nitrogens with one attached hydrogen (secondary N) is 1. The Bertz CT molecular complexity index is 1080. The molecule has 0 aliphatic carbocycles. The SMILES string of the molecule is C=C(C)OP1(=S)OC[C@H]2O[C@@H](n3cnc4c(=O)[nH]c(N=CN(C)C)nc43)CC2O1. The average Bonchev–Trinajstić information content (AvgIpc) is 3.22. The van der Waals surface area contributed by atoms with Gasteiger partial charge in [0.25, 0.3) is 5.56 Å². The Hall–Kier alpha value is -2.11. The van der Waals surface area contributed by atoms with Crippen LogP contribution in [0.15, 0.2) is 28.5 Å². The second-order valence-corrected chi connectivity index (χ2v) is 9.85. The lowest BCUT2D eigenvalue weighted by Crippen LogP contribution is -2.33. The number of ether oxygens (including phenoxy) is 1. The summed E-state index contributed by atoms with van der Waals surface area (Å²) in [5, 5.41) is 0. The zero-order valence-corrected chi connectivity index (χ0v) is 17.9. The van der Waals surface area contributed by atoms with Crippen LogP contribution >= 0.6 is 6.72 Å². The minimum absolute atomic E-state index is 0.179. The number of allylic oxidation sites excluding steroid dienone is 1. The monoisotopic (exact) mass is 440 g/mol. The molecule has 2 aliphatic rings. The minimum Gasteiger partial charge on any atom is -0.430 e. The molecule has 2 aromatic heterocycles. The number of hydrogen-bond donors (Lipinski definition) is 1. The van der Waals surface area contributed by atoms with Crippen molar-refractivity contribution in [2.24, 2.45) is 4.99 Å². The first-order valence-corrected chi connectivity index (χ1v) is 11.4. The van der Waals surface area contributed by atoms with Crippen molar-refractivity contribution >= 4 is 42.0 Å². The van der Waals surface area contributed by atoms with E-state index in [-0.39, 0.29) is 35.8 Å². The molecule has 2 aromatic rings. The molecule has 0 amide bonds. The van der Waals surface area contributed by atoms with Gasteiger partial charge in [-0.3, -0.25) is 23.4 Å². The van der Waals surface area contributed by atoms with Crippen LogP contribution in [-0.2, 0) is 30.1 Å². The van der Waals surface area contributed by atoms with Crippen LogP contribution in [0.2, 0.25) is 0 Å². The molecule has 0 saturated carbocycles. The number of aromatic nitrogens is 4. The molecule has 2 saturated heterocycles. The van der Waals surface area contributed by atoms with E-state index >= 15 is 0 Å². The van der Waals surface area contributed by atoms with E-state index in [0.29, 0.717) is 17.8 Å². The topological polar surface area (TPSA) is 116 Å². The van der Waals surface area contributed by atoms with E-state index in [1.807, 2.05) is 14.1 Å². The van der Waals surface area contributed by atoms with Crippen molar-refractivity contribution in [3.63, 3.8) is 0 Å². The molecule has 4 heterocycles. The van der Waals surface area contributed by atoms with E-state index in [1.165, 1.54) is 6.33 Å². The van der Waals surface area contributed by atoms with Crippen LogP contribution in [0, 0.1) is 0 Å². The largest absolute Gasteiger partial charge is 0.430 e. The van der Waals surface area contributed by atoms with Crippen LogP contribution in [0.4, 0.5) is 5.95 Å². The number of aliphatic imine (C=N–C) groups is 1. The fraction of sp³-hybridized carbons (Fsp3) is 0.500. The molecule has 2 aliphatic heterocycles. The molecule has 1 N–H and O–H groups in total. The molecule has 4 rings (SSSR count). The average molecular weight is 440 g/mol. The summed E-state index contributed by atoms with van der Waals surface area (Å²) in [6.45, 7) is 2.75. The van der Waals surface area contributed by atoms with Gasteiger partial charge in [-0.15, -0.1) is 0 Å². The van der Waals surface area contributed by atoms with Gasteiger partial charge in [-0.25, -0.2) is 9.98 Å². The maximum Gasteiger partial charge on any atom is 0.380 e. The molecule has 2 unspecified atom stereocenters. The highest BCUT2D eigenvalue weighted by molar-refractivity contribution is 8.07. The summed E-state index contributed by atoms with van der Waals surface area (Å²) < 4.78 is 24.8. The highest BCUT2D eigenvalue weighted by Crippen LogP contribution is 2.58. The molecular weight excluding hydrogens is 419 g/mol. The first-order valence-electron chi connectivity index (χ1n) is 8.85. The van der Waals surface area contributed by atoms with Crippen LogP contribution < -0.4 is 5.56 Å². The van der Waals surface area contributed by atoms with Crippen molar-refractivity contribution in [1.29, 1.82) is 0 Å². The normalized spacial score (nSPS) is 29.3. The van der Waals surface area contributed by atoms with Gasteiger partial charge >= 0.3 is 6.72 Å². The number of hydrogen-bond acceptors (Lipinski definition) is 9. The number of H-pyrrole nitrogens is 1. The van der Waals surface area contributed by atoms with Gasteiger partial charge in [0.1, 0.15) is 18.4 Å². The Labute approximate surface area is 171 Å². The van der Waals surface area contributed by atoms with Gasteiger partial charge in [0.15, 0.2) is 11.2 Å². The zero-order valence-electron chi connectivity index (χ0n) is 16.1. The summed E-state index contributed by atoms with van der Waals surface area (Å²) in [5.41, 5.74) is 0.210. The van der Waals surface area contributed by atoms with Crippen LogP contribution in [0.5, 0.6) is 0 Å². The van der Waals surface area contributed by atoms with E-state index < -0.39 is 12.9 Å². The maximum absolute atomic E-state index is 12.3. The third kappa shape index (κ3) is 4.12. The second kappa shape index (κ2) is 7.62. The molecule has 0 aromatic carbocycles. The third-order valence-electron chi connectivity index (χ3n) is 4.25. The number of aromatic amines is 1. The molecule has 156 valence electrons. The molecule has 0 spiro atoms. The van der Waals surface area contributed by atoms with Crippen molar-refractivity contribution in [2.75, 3.05) is 20.7 Å². The number of nitrogens with zero attached hydrogens (tertiary/aromatic N) is 5. The van der Waals surface area contributed by atoms with Gasteiger partial charge in [-0.1, -0.05) is 6.58 Å². The van der Waals surface area contributed by atoms with Crippen LogP contribution in [0.25, 0.3) is 11.2 Å². The fourth-order valence-corrected chi connectivity index (χ4v) is 5.41. The lowest BCUT2D eigenvalue weighted by Gasteiger charge is -2.32. The lowest BCUT2D eigenvalue weighted by molar-refractivity contribution is -0.0589. The van der Waals surface area contributed by atoms with E-state index in [4.69, 9.17) is 30.1 Å². The molecule has 29 heavy (non-hydrogen) atoms. The first-order chi connectivity index (χ1) is 13.7. The molecule has 11 nitrogen and oxygen atoms in total. The molecule has 0 radical (unpaired) electrons. The van der Waals surface area contributed by atoms with E-state index in [9.17, 15) is 4.79 Å². The molecule has 2 fully saturated rings. The van der Waals surface area contributed by atoms with Gasteiger partial charge in [0.2, 0.25) is 5.95 Å². The Morgan fingerprint density at radius 3 is 3.07 bits per heavy atom. The van der Waals surface area contributed by atoms with Gasteiger partial charge in [-0.2, -0.15) is 4.98 Å². The van der Waals surface area contributed by atoms with E-state index in [2.05, 4.69) is 26.5 Å². The number of fused-ring (bicyclic) bond motifs is 2. The van der Waals surface area contributed by atoms with E-state index in [0.717, 1.165) is 0 Å². The van der Waals surface area contributed by atoms with Gasteiger partial charge < -0.3 is 14.2 Å². The Kier molecular flexibility index (Phi) is 5.30. The zero-order chi connectivity index (χ0) is 20.8. The standard InChI is InChI=1S/C16H21N6O5PS/c1-9(2)26-28(29)24-6-11-10(27-28)5-12(25-11)22-8-17-13-14(22)19-16(20-15(13)23)18-7-21(3)4/h7-8,10-12H,1,5-6H2,2-4H3,(H,19,20,23)/t10?,11-,12-,28?/m1/s1. The Balaban J connectivity index is 1.60. The highest BCUT2D eigenvalue weighted by atomic mass is 32.5. The predicted octanol–water partition coefficient (Wildman–Crippen LogP) is 1.82. The number of imidazole rings is 1. The maximum atomic E-state index is 12.3. The molecule has 0 bridgehead atoms. The van der Waals surface area contributed by atoms with Crippen molar-refractivity contribution in [2.45, 2.75) is 31.8 Å². The second-order valence-electron chi connectivity index (χ2n) is 6.97.